The second kappa shape index (κ2) is 4.49. The summed E-state index contributed by atoms with van der Waals surface area (Å²) in [7, 11) is 0. The number of aromatic nitrogens is 1. The van der Waals surface area contributed by atoms with Crippen molar-refractivity contribution in [2.45, 2.75) is 6.42 Å². The van der Waals surface area contributed by atoms with Crippen LogP contribution in [0, 0.1) is 0 Å². The van der Waals surface area contributed by atoms with Crippen molar-refractivity contribution in [2.24, 2.45) is 0 Å². The molecule has 1 aromatic heterocycles. The van der Waals surface area contributed by atoms with Crippen LogP contribution < -0.4 is 0 Å². The van der Waals surface area contributed by atoms with Crippen molar-refractivity contribution < 1.29 is 4.79 Å². The van der Waals surface area contributed by atoms with Crippen LogP contribution in [-0.4, -0.2) is 11.3 Å². The van der Waals surface area contributed by atoms with Crippen LogP contribution >= 0.6 is 0 Å². The van der Waals surface area contributed by atoms with Crippen molar-refractivity contribution in [1.82, 2.24) is 4.98 Å². The predicted molar refractivity (Wildman–Crippen MR) is 72.9 cm³/mol. The summed E-state index contributed by atoms with van der Waals surface area (Å²) in [6, 6.07) is 18.2. The Morgan fingerprint density at radius 3 is 2.44 bits per heavy atom. The highest BCUT2D eigenvalue weighted by atomic mass is 16.1. The first-order valence-corrected chi connectivity index (χ1v) is 5.97. The molecule has 18 heavy (non-hydrogen) atoms. The number of hydrogen-bond donors (Lipinski definition) is 1. The number of carbonyl (C=O) groups is 1. The average molecular weight is 235 g/mol. The van der Waals surface area contributed by atoms with E-state index in [1.165, 1.54) is 5.56 Å². The highest BCUT2D eigenvalue weighted by Crippen LogP contribution is 2.23. The van der Waals surface area contributed by atoms with Gasteiger partial charge in [0.1, 0.15) is 0 Å². The Labute approximate surface area is 105 Å². The molecule has 0 amide bonds. The van der Waals surface area contributed by atoms with Crippen molar-refractivity contribution in [3.8, 4) is 0 Å². The molecule has 1 N–H and O–H groups in total. The molecule has 2 aromatic carbocycles. The number of para-hydroxylation sites is 1. The third kappa shape index (κ3) is 1.82. The van der Waals surface area contributed by atoms with Crippen LogP contribution in [0.5, 0.6) is 0 Å². The summed E-state index contributed by atoms with van der Waals surface area (Å²) >= 11 is 0. The first-order valence-electron chi connectivity index (χ1n) is 5.97. The maximum absolute atomic E-state index is 11.2. The average Bonchev–Trinajstić information content (AvgIpc) is 2.78. The molecule has 0 aliphatic rings. The van der Waals surface area contributed by atoms with Gasteiger partial charge in [-0.15, -0.1) is 0 Å². The zero-order valence-corrected chi connectivity index (χ0v) is 9.89. The Morgan fingerprint density at radius 1 is 0.944 bits per heavy atom. The van der Waals surface area contributed by atoms with E-state index in [1.807, 2.05) is 36.4 Å². The zero-order valence-electron chi connectivity index (χ0n) is 9.89. The van der Waals surface area contributed by atoms with Crippen molar-refractivity contribution in [1.29, 1.82) is 0 Å². The third-order valence-corrected chi connectivity index (χ3v) is 3.19. The number of aromatic amines is 1. The van der Waals surface area contributed by atoms with Crippen LogP contribution in [-0.2, 0) is 6.42 Å². The van der Waals surface area contributed by atoms with Gasteiger partial charge in [-0.25, -0.2) is 0 Å². The fraction of sp³-hybridized carbons (Fsp3) is 0.0625. The van der Waals surface area contributed by atoms with Gasteiger partial charge in [-0.2, -0.15) is 0 Å². The van der Waals surface area contributed by atoms with Crippen LogP contribution in [0.25, 0.3) is 10.9 Å². The lowest BCUT2D eigenvalue weighted by molar-refractivity contribution is 0.111. The van der Waals surface area contributed by atoms with Gasteiger partial charge < -0.3 is 4.98 Å². The summed E-state index contributed by atoms with van der Waals surface area (Å²) in [6.07, 6.45) is 1.68. The molecule has 0 saturated carbocycles. The minimum absolute atomic E-state index is 0.681. The fourth-order valence-corrected chi connectivity index (χ4v) is 2.31. The molecule has 88 valence electrons. The summed E-state index contributed by atoms with van der Waals surface area (Å²) in [5.41, 5.74) is 3.99. The van der Waals surface area contributed by atoms with E-state index < -0.39 is 0 Å². The Balaban J connectivity index is 2.12. The number of fused-ring (bicyclic) bond motifs is 1. The smallest absolute Gasteiger partial charge is 0.166 e. The lowest BCUT2D eigenvalue weighted by atomic mass is 10.0. The van der Waals surface area contributed by atoms with Crippen molar-refractivity contribution in [3.05, 3.63) is 71.4 Å². The van der Waals surface area contributed by atoms with Crippen LogP contribution in [0.2, 0.25) is 0 Å². The van der Waals surface area contributed by atoms with E-state index in [2.05, 4.69) is 23.2 Å². The first-order chi connectivity index (χ1) is 8.88. The van der Waals surface area contributed by atoms with E-state index in [-0.39, 0.29) is 0 Å². The SMILES string of the molecule is O=Cc1[nH]c2ccccc2c1Cc1ccccc1. The number of H-pyrrole nitrogens is 1. The van der Waals surface area contributed by atoms with E-state index in [0.29, 0.717) is 5.69 Å². The van der Waals surface area contributed by atoms with Crippen molar-refractivity contribution in [3.63, 3.8) is 0 Å². The molecular weight excluding hydrogens is 222 g/mol. The van der Waals surface area contributed by atoms with Gasteiger partial charge in [-0.05, 0) is 17.2 Å². The van der Waals surface area contributed by atoms with E-state index in [4.69, 9.17) is 0 Å². The molecule has 3 rings (SSSR count). The van der Waals surface area contributed by atoms with Crippen LogP contribution in [0.3, 0.4) is 0 Å². The summed E-state index contributed by atoms with van der Waals surface area (Å²) in [4.78, 5) is 14.3. The molecule has 0 aliphatic heterocycles. The monoisotopic (exact) mass is 235 g/mol. The normalized spacial score (nSPS) is 10.7. The molecule has 0 unspecified atom stereocenters. The number of rotatable bonds is 3. The standard InChI is InChI=1S/C16H13NO/c18-11-16-14(10-12-6-2-1-3-7-12)13-8-4-5-9-15(13)17-16/h1-9,11,17H,10H2. The maximum atomic E-state index is 11.2. The molecule has 0 spiro atoms. The molecule has 1 heterocycles. The Bertz CT molecular complexity index is 683. The number of nitrogens with one attached hydrogen (secondary N) is 1. The van der Waals surface area contributed by atoms with E-state index >= 15 is 0 Å². The van der Waals surface area contributed by atoms with Gasteiger partial charge in [-0.3, -0.25) is 4.79 Å². The van der Waals surface area contributed by atoms with Crippen LogP contribution in [0.4, 0.5) is 0 Å². The molecule has 2 heteroatoms. The molecule has 0 saturated heterocycles. The first kappa shape index (κ1) is 10.8. The van der Waals surface area contributed by atoms with Gasteiger partial charge in [0, 0.05) is 17.3 Å². The number of carbonyl (C=O) groups excluding carboxylic acids is 1. The van der Waals surface area contributed by atoms with E-state index in [0.717, 1.165) is 29.2 Å². The minimum atomic E-state index is 0.681. The van der Waals surface area contributed by atoms with E-state index in [9.17, 15) is 4.79 Å². The Hall–Kier alpha value is -2.35. The molecule has 0 aliphatic carbocycles. The Morgan fingerprint density at radius 2 is 1.67 bits per heavy atom. The molecule has 0 radical (unpaired) electrons. The zero-order chi connectivity index (χ0) is 12.4. The van der Waals surface area contributed by atoms with E-state index in [1.54, 1.807) is 0 Å². The summed E-state index contributed by atoms with van der Waals surface area (Å²) in [5, 5.41) is 1.13. The summed E-state index contributed by atoms with van der Waals surface area (Å²) < 4.78 is 0. The van der Waals surface area contributed by atoms with Gasteiger partial charge in [0.25, 0.3) is 0 Å². The van der Waals surface area contributed by atoms with Gasteiger partial charge in [0.15, 0.2) is 6.29 Å². The Kier molecular flexibility index (Phi) is 2.69. The molecule has 0 atom stereocenters. The predicted octanol–water partition coefficient (Wildman–Crippen LogP) is 3.57. The minimum Gasteiger partial charge on any atom is -0.352 e. The number of benzene rings is 2. The lowest BCUT2D eigenvalue weighted by Gasteiger charge is -2.01. The van der Waals surface area contributed by atoms with Gasteiger partial charge in [0.05, 0.1) is 5.69 Å². The second-order valence-electron chi connectivity index (χ2n) is 4.34. The quantitative estimate of drug-likeness (QED) is 0.692. The summed E-state index contributed by atoms with van der Waals surface area (Å²) in [5.74, 6) is 0. The molecular formula is C16H13NO. The van der Waals surface area contributed by atoms with Crippen LogP contribution in [0.1, 0.15) is 21.6 Å². The number of aldehydes is 1. The van der Waals surface area contributed by atoms with Crippen molar-refractivity contribution in [2.75, 3.05) is 0 Å². The largest absolute Gasteiger partial charge is 0.352 e. The highest BCUT2D eigenvalue weighted by molar-refractivity contribution is 5.92. The molecule has 0 bridgehead atoms. The molecule has 2 nitrogen and oxygen atoms in total. The fourth-order valence-electron chi connectivity index (χ4n) is 2.31. The maximum Gasteiger partial charge on any atom is 0.166 e. The van der Waals surface area contributed by atoms with Gasteiger partial charge in [0.2, 0.25) is 0 Å². The lowest BCUT2D eigenvalue weighted by Crippen LogP contribution is -1.91. The van der Waals surface area contributed by atoms with Crippen LogP contribution in [0.15, 0.2) is 54.6 Å². The number of hydrogen-bond acceptors (Lipinski definition) is 1. The highest BCUT2D eigenvalue weighted by Gasteiger charge is 2.10. The molecule has 0 fully saturated rings. The second-order valence-corrected chi connectivity index (χ2v) is 4.34. The van der Waals surface area contributed by atoms with Gasteiger partial charge >= 0.3 is 0 Å². The van der Waals surface area contributed by atoms with Crippen molar-refractivity contribution >= 4 is 17.2 Å². The topological polar surface area (TPSA) is 32.9 Å². The summed E-state index contributed by atoms with van der Waals surface area (Å²) in [6.45, 7) is 0. The molecule has 3 aromatic rings. The third-order valence-electron chi connectivity index (χ3n) is 3.19. The van der Waals surface area contributed by atoms with Gasteiger partial charge in [-0.1, -0.05) is 48.5 Å².